The van der Waals surface area contributed by atoms with Gasteiger partial charge in [0, 0.05) is 12.1 Å². The molecule has 1 nitrogen and oxygen atoms in total. The smallest absolute Gasteiger partial charge is 0.130 e. The van der Waals surface area contributed by atoms with Gasteiger partial charge < -0.3 is 0 Å². The summed E-state index contributed by atoms with van der Waals surface area (Å²) in [5, 5.41) is 2.81. The lowest BCUT2D eigenvalue weighted by Gasteiger charge is -2.08. The van der Waals surface area contributed by atoms with E-state index in [0.717, 1.165) is 0 Å². The molecule has 0 radical (unpaired) electrons. The van der Waals surface area contributed by atoms with Crippen molar-refractivity contribution in [1.29, 1.82) is 0 Å². The van der Waals surface area contributed by atoms with Gasteiger partial charge in [0.05, 0.1) is 6.04 Å². The van der Waals surface area contributed by atoms with Gasteiger partial charge in [0.25, 0.3) is 0 Å². The Labute approximate surface area is 82.1 Å². The van der Waals surface area contributed by atoms with Crippen molar-refractivity contribution in [3.63, 3.8) is 0 Å². The largest absolute Gasteiger partial charge is 0.300 e. The van der Waals surface area contributed by atoms with Crippen LogP contribution in [0.2, 0.25) is 0 Å². The Kier molecular flexibility index (Phi) is 3.61. The minimum absolute atomic E-state index is 0.0228. The van der Waals surface area contributed by atoms with Gasteiger partial charge in [-0.2, -0.15) is 0 Å². The minimum atomic E-state index is -0.554. The number of hydrogen-bond acceptors (Lipinski definition) is 1. The van der Waals surface area contributed by atoms with Crippen LogP contribution in [0.15, 0.2) is 18.2 Å². The van der Waals surface area contributed by atoms with E-state index in [0.29, 0.717) is 0 Å². The third-order valence-electron chi connectivity index (χ3n) is 1.90. The van der Waals surface area contributed by atoms with Crippen molar-refractivity contribution < 1.29 is 8.78 Å². The SMILES string of the molecule is C#CC(C)NCc1c(F)cccc1F. The quantitative estimate of drug-likeness (QED) is 0.728. The van der Waals surface area contributed by atoms with Gasteiger partial charge in [-0.3, -0.25) is 5.32 Å². The molecule has 74 valence electrons. The van der Waals surface area contributed by atoms with Crippen molar-refractivity contribution in [1.82, 2.24) is 5.32 Å². The molecule has 0 aliphatic carbocycles. The van der Waals surface area contributed by atoms with Crippen LogP contribution >= 0.6 is 0 Å². The number of halogens is 2. The van der Waals surface area contributed by atoms with Gasteiger partial charge >= 0.3 is 0 Å². The minimum Gasteiger partial charge on any atom is -0.300 e. The first kappa shape index (κ1) is 10.7. The highest BCUT2D eigenvalue weighted by Gasteiger charge is 2.08. The summed E-state index contributed by atoms with van der Waals surface area (Å²) in [6, 6.07) is 3.58. The second-order valence-corrected chi connectivity index (χ2v) is 2.97. The Morgan fingerprint density at radius 1 is 1.43 bits per heavy atom. The molecule has 1 aromatic carbocycles. The maximum Gasteiger partial charge on any atom is 0.130 e. The first-order valence-electron chi connectivity index (χ1n) is 4.27. The van der Waals surface area contributed by atoms with Gasteiger partial charge in [-0.25, -0.2) is 8.78 Å². The lowest BCUT2D eigenvalue weighted by atomic mass is 10.2. The Morgan fingerprint density at radius 2 is 2.00 bits per heavy atom. The Morgan fingerprint density at radius 3 is 2.50 bits per heavy atom. The predicted molar refractivity (Wildman–Crippen MR) is 51.5 cm³/mol. The summed E-state index contributed by atoms with van der Waals surface area (Å²) < 4.78 is 26.1. The average Bonchev–Trinajstić information content (AvgIpc) is 2.16. The van der Waals surface area contributed by atoms with Crippen LogP contribution in [0.4, 0.5) is 8.78 Å². The van der Waals surface area contributed by atoms with Gasteiger partial charge in [-0.05, 0) is 19.1 Å². The van der Waals surface area contributed by atoms with Crippen LogP contribution in [0, 0.1) is 24.0 Å². The molecular formula is C11H11F2N. The van der Waals surface area contributed by atoms with Crippen LogP contribution in [0.3, 0.4) is 0 Å². The second-order valence-electron chi connectivity index (χ2n) is 2.97. The van der Waals surface area contributed by atoms with Crippen molar-refractivity contribution in [2.24, 2.45) is 0 Å². The highest BCUT2D eigenvalue weighted by atomic mass is 19.1. The fraction of sp³-hybridized carbons (Fsp3) is 0.273. The molecule has 0 spiro atoms. The summed E-state index contributed by atoms with van der Waals surface area (Å²) in [6.45, 7) is 1.85. The van der Waals surface area contributed by atoms with Crippen molar-refractivity contribution >= 4 is 0 Å². The summed E-state index contributed by atoms with van der Waals surface area (Å²) >= 11 is 0. The maximum atomic E-state index is 13.1. The molecule has 0 aliphatic rings. The third kappa shape index (κ3) is 2.54. The molecule has 1 unspecified atom stereocenters. The summed E-state index contributed by atoms with van der Waals surface area (Å²) in [7, 11) is 0. The molecule has 14 heavy (non-hydrogen) atoms. The molecule has 0 amide bonds. The van der Waals surface area contributed by atoms with E-state index in [9.17, 15) is 8.78 Å². The van der Waals surface area contributed by atoms with E-state index in [1.165, 1.54) is 18.2 Å². The van der Waals surface area contributed by atoms with Gasteiger partial charge in [0.15, 0.2) is 0 Å². The molecular weight excluding hydrogens is 184 g/mol. The van der Waals surface area contributed by atoms with E-state index in [2.05, 4.69) is 11.2 Å². The van der Waals surface area contributed by atoms with E-state index in [1.54, 1.807) is 6.92 Å². The number of rotatable bonds is 3. The zero-order chi connectivity index (χ0) is 10.6. The first-order chi connectivity index (χ1) is 6.65. The highest BCUT2D eigenvalue weighted by molar-refractivity contribution is 5.19. The number of terminal acetylenes is 1. The molecule has 0 saturated heterocycles. The fourth-order valence-corrected chi connectivity index (χ4v) is 1.02. The number of nitrogens with one attached hydrogen (secondary N) is 1. The molecule has 0 saturated carbocycles. The summed E-state index contributed by atoms with van der Waals surface area (Å²) in [5.74, 6) is 1.31. The van der Waals surface area contributed by atoms with Crippen molar-refractivity contribution in [3.8, 4) is 12.3 Å². The van der Waals surface area contributed by atoms with Gasteiger partial charge in [-0.1, -0.05) is 12.0 Å². The van der Waals surface area contributed by atoms with Crippen LogP contribution in [0.5, 0.6) is 0 Å². The van der Waals surface area contributed by atoms with Crippen LogP contribution < -0.4 is 5.32 Å². The van der Waals surface area contributed by atoms with Gasteiger partial charge in [0.2, 0.25) is 0 Å². The normalized spacial score (nSPS) is 12.1. The van der Waals surface area contributed by atoms with Crippen molar-refractivity contribution in [2.75, 3.05) is 0 Å². The Bertz CT molecular complexity index is 335. The van der Waals surface area contributed by atoms with Crippen molar-refractivity contribution in [2.45, 2.75) is 19.5 Å². The molecule has 0 bridgehead atoms. The Hall–Kier alpha value is -1.40. The van der Waals surface area contributed by atoms with Crippen LogP contribution in [0.1, 0.15) is 12.5 Å². The highest BCUT2D eigenvalue weighted by Crippen LogP contribution is 2.11. The number of hydrogen-bond donors (Lipinski definition) is 1. The summed E-state index contributed by atoms with van der Waals surface area (Å²) in [4.78, 5) is 0. The van der Waals surface area contributed by atoms with Gasteiger partial charge in [0.1, 0.15) is 11.6 Å². The predicted octanol–water partition coefficient (Wildman–Crippen LogP) is 2.08. The summed E-state index contributed by atoms with van der Waals surface area (Å²) in [5.41, 5.74) is 0.0228. The number of benzene rings is 1. The molecule has 0 fully saturated rings. The molecule has 1 rings (SSSR count). The van der Waals surface area contributed by atoms with Crippen LogP contribution in [0.25, 0.3) is 0 Å². The van der Waals surface area contributed by atoms with E-state index in [-0.39, 0.29) is 18.2 Å². The lowest BCUT2D eigenvalue weighted by molar-refractivity contribution is 0.529. The van der Waals surface area contributed by atoms with E-state index < -0.39 is 11.6 Å². The standard InChI is InChI=1S/C11H11F2N/c1-3-8(2)14-7-9-10(12)5-4-6-11(9)13/h1,4-6,8,14H,7H2,2H3. The van der Waals surface area contributed by atoms with E-state index >= 15 is 0 Å². The molecule has 1 aromatic rings. The Balaban J connectivity index is 2.72. The van der Waals surface area contributed by atoms with Crippen LogP contribution in [-0.4, -0.2) is 6.04 Å². The molecule has 3 heteroatoms. The molecule has 0 heterocycles. The summed E-state index contributed by atoms with van der Waals surface area (Å²) in [6.07, 6.45) is 5.11. The van der Waals surface area contributed by atoms with Crippen LogP contribution in [-0.2, 0) is 6.54 Å². The van der Waals surface area contributed by atoms with E-state index in [1.807, 2.05) is 0 Å². The molecule has 1 atom stereocenters. The fourth-order valence-electron chi connectivity index (χ4n) is 1.02. The molecule has 0 aliphatic heterocycles. The van der Waals surface area contributed by atoms with E-state index in [4.69, 9.17) is 6.42 Å². The first-order valence-corrected chi connectivity index (χ1v) is 4.27. The lowest BCUT2D eigenvalue weighted by Crippen LogP contribution is -2.24. The zero-order valence-electron chi connectivity index (χ0n) is 7.85. The van der Waals surface area contributed by atoms with Crippen molar-refractivity contribution in [3.05, 3.63) is 35.4 Å². The second kappa shape index (κ2) is 4.73. The topological polar surface area (TPSA) is 12.0 Å². The molecule has 0 aromatic heterocycles. The molecule has 1 N–H and O–H groups in total. The maximum absolute atomic E-state index is 13.1. The average molecular weight is 195 g/mol. The zero-order valence-corrected chi connectivity index (χ0v) is 7.85. The third-order valence-corrected chi connectivity index (χ3v) is 1.90. The van der Waals surface area contributed by atoms with Gasteiger partial charge in [-0.15, -0.1) is 6.42 Å². The monoisotopic (exact) mass is 195 g/mol.